The third-order valence-corrected chi connectivity index (χ3v) is 1.75. The fraction of sp³-hybridized carbons (Fsp3) is 1.00. The molecule has 11 heavy (non-hydrogen) atoms. The van der Waals surface area contributed by atoms with Gasteiger partial charge in [-0.15, -0.1) is 0 Å². The average molecular weight is 188 g/mol. The molecule has 0 bridgehead atoms. The highest BCUT2D eigenvalue weighted by Crippen LogP contribution is 2.16. The van der Waals surface area contributed by atoms with Gasteiger partial charge in [0.25, 0.3) is 0 Å². The molecule has 0 amide bonds. The van der Waals surface area contributed by atoms with Crippen LogP contribution in [0, 0.1) is 0 Å². The van der Waals surface area contributed by atoms with E-state index in [0.717, 1.165) is 0 Å². The minimum Gasteiger partial charge on any atom is -0.260 e. The molecule has 3 nitrogen and oxygen atoms in total. The van der Waals surface area contributed by atoms with E-state index in [9.17, 15) is 17.2 Å². The summed E-state index contributed by atoms with van der Waals surface area (Å²) in [6.45, 7) is 4.15. The van der Waals surface area contributed by atoms with Crippen LogP contribution in [0.3, 0.4) is 0 Å². The lowest BCUT2D eigenvalue weighted by Gasteiger charge is -2.17. The molecule has 0 radical (unpaired) electrons. The summed E-state index contributed by atoms with van der Waals surface area (Å²) in [6.07, 6.45) is 0. The Morgan fingerprint density at radius 3 is 1.73 bits per heavy atom. The Morgan fingerprint density at radius 2 is 1.64 bits per heavy atom. The Kier molecular flexibility index (Phi) is 2.96. The van der Waals surface area contributed by atoms with Crippen LogP contribution in [-0.2, 0) is 14.3 Å². The second kappa shape index (κ2) is 3.02. The quantitative estimate of drug-likeness (QED) is 0.614. The number of hydrogen-bond donors (Lipinski definition) is 0. The van der Waals surface area contributed by atoms with Crippen molar-refractivity contribution in [3.05, 3.63) is 0 Å². The molecule has 0 heterocycles. The van der Waals surface area contributed by atoms with Gasteiger partial charge in [0, 0.05) is 0 Å². The predicted octanol–water partition coefficient (Wildman–Crippen LogP) is 1.35. The van der Waals surface area contributed by atoms with Crippen molar-refractivity contribution in [3.63, 3.8) is 0 Å². The van der Waals surface area contributed by atoms with Crippen LogP contribution < -0.4 is 0 Å². The van der Waals surface area contributed by atoms with Gasteiger partial charge in [-0.05, 0) is 20.8 Å². The third-order valence-electron chi connectivity index (χ3n) is 0.584. The maximum atomic E-state index is 11.6. The smallest absolute Gasteiger partial charge is 0.260 e. The van der Waals surface area contributed by atoms with E-state index >= 15 is 0 Å². The average Bonchev–Trinajstić information content (AvgIpc) is 1.56. The van der Waals surface area contributed by atoms with Gasteiger partial charge in [0.05, 0.1) is 5.60 Å². The summed E-state index contributed by atoms with van der Waals surface area (Å²) in [5.74, 6) is -3.47. The minimum absolute atomic E-state index is 1.10. The minimum atomic E-state index is -4.69. The number of halogens is 2. The zero-order valence-corrected chi connectivity index (χ0v) is 7.28. The Bertz CT molecular complexity index is 214. The largest absolute Gasteiger partial charge is 0.361 e. The van der Waals surface area contributed by atoms with E-state index in [0.29, 0.717) is 0 Å². The summed E-state index contributed by atoms with van der Waals surface area (Å²) in [4.78, 5) is 0. The van der Waals surface area contributed by atoms with E-state index < -0.39 is 21.5 Å². The highest BCUT2D eigenvalue weighted by molar-refractivity contribution is 7.87. The lowest BCUT2D eigenvalue weighted by atomic mass is 10.2. The summed E-state index contributed by atoms with van der Waals surface area (Å²) in [5.41, 5.74) is -1.10. The first-order chi connectivity index (χ1) is 4.65. The molecule has 0 aliphatic heterocycles. The van der Waals surface area contributed by atoms with Gasteiger partial charge in [0.1, 0.15) is 0 Å². The zero-order chi connectivity index (χ0) is 9.28. The maximum absolute atomic E-state index is 11.6. The van der Waals surface area contributed by atoms with E-state index in [1.165, 1.54) is 20.8 Å². The molecule has 0 aliphatic rings. The summed E-state index contributed by atoms with van der Waals surface area (Å²) < 4.78 is 48.1. The van der Waals surface area contributed by atoms with Gasteiger partial charge in [-0.2, -0.15) is 17.2 Å². The SMILES string of the molecule is CC(C)(C)OS(=O)(=O)C(F)F. The molecule has 0 fully saturated rings. The van der Waals surface area contributed by atoms with Crippen molar-refractivity contribution >= 4 is 10.1 Å². The van der Waals surface area contributed by atoms with Gasteiger partial charge in [-0.1, -0.05) is 0 Å². The van der Waals surface area contributed by atoms with Crippen molar-refractivity contribution in [2.45, 2.75) is 32.1 Å². The molecule has 0 saturated carbocycles. The van der Waals surface area contributed by atoms with Gasteiger partial charge >= 0.3 is 15.9 Å². The Hall–Kier alpha value is -0.230. The van der Waals surface area contributed by atoms with Gasteiger partial charge in [0.2, 0.25) is 0 Å². The number of rotatable bonds is 2. The first kappa shape index (κ1) is 10.8. The summed E-state index contributed by atoms with van der Waals surface area (Å²) >= 11 is 0. The molecule has 6 heteroatoms. The standard InChI is InChI=1S/C5H10F2O3S/c1-5(2,3)10-11(8,9)4(6)7/h4H,1-3H3. The van der Waals surface area contributed by atoms with Crippen molar-refractivity contribution in [1.82, 2.24) is 0 Å². The maximum Gasteiger partial charge on any atom is 0.361 e. The number of alkyl halides is 2. The van der Waals surface area contributed by atoms with E-state index in [2.05, 4.69) is 4.18 Å². The van der Waals surface area contributed by atoms with Crippen molar-refractivity contribution < 1.29 is 21.4 Å². The van der Waals surface area contributed by atoms with Crippen molar-refractivity contribution in [1.29, 1.82) is 0 Å². The Labute approximate surface area is 64.5 Å². The van der Waals surface area contributed by atoms with E-state index in [-0.39, 0.29) is 0 Å². The van der Waals surface area contributed by atoms with Crippen LogP contribution in [0.15, 0.2) is 0 Å². The van der Waals surface area contributed by atoms with Gasteiger partial charge in [-0.25, -0.2) is 0 Å². The van der Waals surface area contributed by atoms with E-state index in [4.69, 9.17) is 0 Å². The van der Waals surface area contributed by atoms with Gasteiger partial charge < -0.3 is 0 Å². The van der Waals surface area contributed by atoms with Gasteiger partial charge in [0.15, 0.2) is 0 Å². The van der Waals surface area contributed by atoms with Crippen molar-refractivity contribution in [2.24, 2.45) is 0 Å². The van der Waals surface area contributed by atoms with Gasteiger partial charge in [-0.3, -0.25) is 4.18 Å². The van der Waals surface area contributed by atoms with Crippen molar-refractivity contribution in [2.75, 3.05) is 0 Å². The molecule has 0 rings (SSSR count). The molecular formula is C5H10F2O3S. The van der Waals surface area contributed by atoms with Crippen LogP contribution in [-0.4, -0.2) is 19.8 Å². The lowest BCUT2D eigenvalue weighted by Crippen LogP contribution is -2.27. The van der Waals surface area contributed by atoms with Crippen LogP contribution in [0.25, 0.3) is 0 Å². The molecule has 0 aromatic rings. The molecule has 0 atom stereocenters. The molecule has 0 N–H and O–H groups in total. The Morgan fingerprint density at radius 1 is 1.27 bits per heavy atom. The molecule has 0 spiro atoms. The topological polar surface area (TPSA) is 43.4 Å². The van der Waals surface area contributed by atoms with Crippen LogP contribution in [0.1, 0.15) is 20.8 Å². The third kappa shape index (κ3) is 4.26. The first-order valence-corrected chi connectivity index (χ1v) is 4.35. The first-order valence-electron chi connectivity index (χ1n) is 2.88. The highest BCUT2D eigenvalue weighted by Gasteiger charge is 2.30. The van der Waals surface area contributed by atoms with Crippen LogP contribution >= 0.6 is 0 Å². The van der Waals surface area contributed by atoms with Crippen LogP contribution in [0.4, 0.5) is 8.78 Å². The molecule has 0 aromatic heterocycles. The van der Waals surface area contributed by atoms with E-state index in [1.54, 1.807) is 0 Å². The molecule has 68 valence electrons. The molecule has 0 unspecified atom stereocenters. The number of hydrogen-bond acceptors (Lipinski definition) is 3. The van der Waals surface area contributed by atoms with Crippen LogP contribution in [0.5, 0.6) is 0 Å². The molecule has 0 saturated heterocycles. The van der Waals surface area contributed by atoms with Crippen LogP contribution in [0.2, 0.25) is 0 Å². The lowest BCUT2D eigenvalue weighted by molar-refractivity contribution is 0.112. The molecule has 0 aliphatic carbocycles. The van der Waals surface area contributed by atoms with E-state index in [1.807, 2.05) is 0 Å². The zero-order valence-electron chi connectivity index (χ0n) is 6.47. The summed E-state index contributed by atoms with van der Waals surface area (Å²) in [7, 11) is -4.69. The molecule has 0 aromatic carbocycles. The molecular weight excluding hydrogens is 178 g/mol. The normalized spacial score (nSPS) is 14.0. The summed E-state index contributed by atoms with van der Waals surface area (Å²) in [6, 6.07) is 0. The predicted molar refractivity (Wildman–Crippen MR) is 35.8 cm³/mol. The Balaban J connectivity index is 4.40. The monoisotopic (exact) mass is 188 g/mol. The highest BCUT2D eigenvalue weighted by atomic mass is 32.2. The fourth-order valence-corrected chi connectivity index (χ4v) is 1.15. The second-order valence-electron chi connectivity index (χ2n) is 2.95. The summed E-state index contributed by atoms with van der Waals surface area (Å²) in [5, 5.41) is 0. The second-order valence-corrected chi connectivity index (χ2v) is 4.46. The fourth-order valence-electron chi connectivity index (χ4n) is 0.385. The van der Waals surface area contributed by atoms with Crippen molar-refractivity contribution in [3.8, 4) is 0 Å².